The molecule has 1 amide bonds. The van der Waals surface area contributed by atoms with E-state index in [9.17, 15) is 13.2 Å². The van der Waals surface area contributed by atoms with Crippen molar-refractivity contribution in [2.24, 2.45) is 17.8 Å². The minimum atomic E-state index is -3.62. The Morgan fingerprint density at radius 2 is 1.50 bits per heavy atom. The quantitative estimate of drug-likeness (QED) is 0.484. The van der Waals surface area contributed by atoms with E-state index in [0.717, 1.165) is 29.8 Å². The summed E-state index contributed by atoms with van der Waals surface area (Å²) in [5, 5.41) is 2.75. The van der Waals surface area contributed by atoms with Gasteiger partial charge in [0.1, 0.15) is 24.7 Å². The highest BCUT2D eigenvalue weighted by molar-refractivity contribution is 7.92. The molecule has 0 unspecified atom stereocenters. The van der Waals surface area contributed by atoms with Crippen LogP contribution in [0.1, 0.15) is 44.1 Å². The van der Waals surface area contributed by atoms with Gasteiger partial charge in [0.15, 0.2) is 0 Å². The predicted octanol–water partition coefficient (Wildman–Crippen LogP) is 4.12. The van der Waals surface area contributed by atoms with Gasteiger partial charge in [0, 0.05) is 0 Å². The molecule has 0 spiro atoms. The summed E-state index contributed by atoms with van der Waals surface area (Å²) in [6, 6.07) is 15.1. The molecule has 0 saturated heterocycles. The van der Waals surface area contributed by atoms with Crippen LogP contribution in [0.2, 0.25) is 0 Å². The number of rotatable bonds is 10. The molecule has 8 heteroatoms. The second-order valence-electron chi connectivity index (χ2n) is 10.9. The predicted molar refractivity (Wildman–Crippen MR) is 140 cm³/mol. The van der Waals surface area contributed by atoms with Crippen LogP contribution in [0.4, 0.5) is 5.69 Å². The van der Waals surface area contributed by atoms with Crippen LogP contribution in [0.15, 0.2) is 48.5 Å². The smallest absolute Gasteiger partial charge is 0.240 e. The number of carbonyl (C=O) groups is 1. The molecule has 194 valence electrons. The second-order valence-corrected chi connectivity index (χ2v) is 12.8. The van der Waals surface area contributed by atoms with Gasteiger partial charge in [-0.1, -0.05) is 12.1 Å². The summed E-state index contributed by atoms with van der Waals surface area (Å²) in [6.45, 7) is 0.280. The molecule has 0 radical (unpaired) electrons. The van der Waals surface area contributed by atoms with E-state index < -0.39 is 10.0 Å². The van der Waals surface area contributed by atoms with Gasteiger partial charge < -0.3 is 14.8 Å². The SMILES string of the molecule is COc1ccc(OCCNC(=O)CN(c2ccc(C34CC5CC(CC(C5)C3)C4)cc2)S(C)(=O)=O)cc1. The fourth-order valence-corrected chi connectivity index (χ4v) is 7.92. The fourth-order valence-electron chi connectivity index (χ4n) is 7.06. The van der Waals surface area contributed by atoms with Crippen molar-refractivity contribution >= 4 is 21.6 Å². The highest BCUT2D eigenvalue weighted by Crippen LogP contribution is 2.60. The summed E-state index contributed by atoms with van der Waals surface area (Å²) in [5.41, 5.74) is 2.11. The number of hydrogen-bond acceptors (Lipinski definition) is 5. The van der Waals surface area contributed by atoms with E-state index in [1.807, 2.05) is 12.1 Å². The van der Waals surface area contributed by atoms with Crippen LogP contribution in [0.3, 0.4) is 0 Å². The van der Waals surface area contributed by atoms with Gasteiger partial charge in [-0.25, -0.2) is 8.42 Å². The number of methoxy groups -OCH3 is 1. The fraction of sp³-hybridized carbons (Fsp3) is 0.536. The molecule has 0 atom stereocenters. The Morgan fingerprint density at radius 3 is 2.03 bits per heavy atom. The zero-order valence-electron chi connectivity index (χ0n) is 21.1. The summed E-state index contributed by atoms with van der Waals surface area (Å²) in [4.78, 5) is 12.6. The maximum Gasteiger partial charge on any atom is 0.240 e. The average Bonchev–Trinajstić information content (AvgIpc) is 2.84. The van der Waals surface area contributed by atoms with Gasteiger partial charge in [-0.3, -0.25) is 9.10 Å². The van der Waals surface area contributed by atoms with Crippen molar-refractivity contribution in [1.82, 2.24) is 5.32 Å². The molecule has 0 aromatic heterocycles. The van der Waals surface area contributed by atoms with Gasteiger partial charge in [-0.2, -0.15) is 0 Å². The minimum absolute atomic E-state index is 0.254. The van der Waals surface area contributed by atoms with Crippen LogP contribution < -0.4 is 19.1 Å². The van der Waals surface area contributed by atoms with Crippen molar-refractivity contribution in [3.8, 4) is 11.5 Å². The van der Waals surface area contributed by atoms with Crippen molar-refractivity contribution < 1.29 is 22.7 Å². The lowest BCUT2D eigenvalue weighted by Gasteiger charge is -2.57. The standard InChI is InChI=1S/C28H36N2O5S/c1-34-25-7-9-26(10-8-25)35-12-11-29-27(31)19-30(36(2,32)33)24-5-3-23(4-6-24)28-16-20-13-21(17-28)15-22(14-20)18-28/h3-10,20-22H,11-19H2,1-2H3,(H,29,31). The van der Waals surface area contributed by atoms with Crippen molar-refractivity contribution in [3.05, 3.63) is 54.1 Å². The van der Waals surface area contributed by atoms with Crippen molar-refractivity contribution in [1.29, 1.82) is 0 Å². The zero-order chi connectivity index (χ0) is 25.3. The molecule has 4 aliphatic rings. The number of amides is 1. The van der Waals surface area contributed by atoms with Crippen molar-refractivity contribution in [2.75, 3.05) is 37.4 Å². The molecular weight excluding hydrogens is 476 g/mol. The van der Waals surface area contributed by atoms with Crippen LogP contribution in [-0.2, 0) is 20.2 Å². The Labute approximate surface area is 214 Å². The number of nitrogens with zero attached hydrogens (tertiary/aromatic N) is 1. The van der Waals surface area contributed by atoms with Crippen LogP contribution >= 0.6 is 0 Å². The lowest BCUT2D eigenvalue weighted by molar-refractivity contribution is -0.119. The summed E-state index contributed by atoms with van der Waals surface area (Å²) >= 11 is 0. The normalized spacial score (nSPS) is 26.4. The Hall–Kier alpha value is -2.74. The maximum atomic E-state index is 12.6. The highest BCUT2D eigenvalue weighted by atomic mass is 32.2. The monoisotopic (exact) mass is 512 g/mol. The third-order valence-corrected chi connectivity index (χ3v) is 9.39. The molecule has 2 aromatic rings. The molecular formula is C28H36N2O5S. The van der Waals surface area contributed by atoms with Crippen LogP contribution in [0.25, 0.3) is 0 Å². The summed E-state index contributed by atoms with van der Waals surface area (Å²) in [7, 11) is -2.02. The van der Waals surface area contributed by atoms with Gasteiger partial charge in [-0.15, -0.1) is 0 Å². The van der Waals surface area contributed by atoms with Gasteiger partial charge in [0.05, 0.1) is 25.6 Å². The zero-order valence-corrected chi connectivity index (χ0v) is 21.9. The van der Waals surface area contributed by atoms with Gasteiger partial charge >= 0.3 is 0 Å². The molecule has 4 bridgehead atoms. The van der Waals surface area contributed by atoms with E-state index in [4.69, 9.17) is 9.47 Å². The maximum absolute atomic E-state index is 12.6. The number of hydrogen-bond donors (Lipinski definition) is 1. The first-order valence-corrected chi connectivity index (χ1v) is 14.7. The lowest BCUT2D eigenvalue weighted by atomic mass is 9.48. The Kier molecular flexibility index (Phi) is 6.90. The van der Waals surface area contributed by atoms with Crippen LogP contribution in [0.5, 0.6) is 11.5 Å². The average molecular weight is 513 g/mol. The van der Waals surface area contributed by atoms with E-state index >= 15 is 0 Å². The summed E-state index contributed by atoms with van der Waals surface area (Å²) in [5.74, 6) is 3.58. The first-order valence-electron chi connectivity index (χ1n) is 12.9. The highest BCUT2D eigenvalue weighted by Gasteiger charge is 2.51. The molecule has 36 heavy (non-hydrogen) atoms. The number of anilines is 1. The number of carbonyl (C=O) groups excluding carboxylic acids is 1. The molecule has 4 aliphatic carbocycles. The lowest BCUT2D eigenvalue weighted by Crippen LogP contribution is -2.48. The second kappa shape index (κ2) is 9.96. The van der Waals surface area contributed by atoms with E-state index in [1.54, 1.807) is 31.4 Å². The Balaban J connectivity index is 1.18. The summed E-state index contributed by atoms with van der Waals surface area (Å²) in [6.07, 6.45) is 9.08. The van der Waals surface area contributed by atoms with Crippen molar-refractivity contribution in [3.63, 3.8) is 0 Å². The van der Waals surface area contributed by atoms with E-state index in [1.165, 1.54) is 48.4 Å². The first-order chi connectivity index (χ1) is 17.2. The third-order valence-electron chi connectivity index (χ3n) is 8.25. The molecule has 1 N–H and O–H groups in total. The largest absolute Gasteiger partial charge is 0.497 e. The number of nitrogens with one attached hydrogen (secondary N) is 1. The van der Waals surface area contributed by atoms with E-state index in [2.05, 4.69) is 17.4 Å². The number of benzene rings is 2. The Bertz CT molecular complexity index is 1140. The van der Waals surface area contributed by atoms with E-state index in [0.29, 0.717) is 11.4 Å². The molecule has 0 aliphatic heterocycles. The molecule has 6 rings (SSSR count). The van der Waals surface area contributed by atoms with Gasteiger partial charge in [-0.05, 0) is 104 Å². The third kappa shape index (κ3) is 5.33. The topological polar surface area (TPSA) is 84.9 Å². The van der Waals surface area contributed by atoms with Gasteiger partial charge in [0.25, 0.3) is 0 Å². The number of ether oxygens (including phenoxy) is 2. The van der Waals surface area contributed by atoms with Crippen LogP contribution in [-0.4, -0.2) is 47.4 Å². The van der Waals surface area contributed by atoms with Gasteiger partial charge in [0.2, 0.25) is 15.9 Å². The number of sulfonamides is 1. The van der Waals surface area contributed by atoms with Crippen molar-refractivity contribution in [2.45, 2.75) is 43.9 Å². The molecule has 2 aromatic carbocycles. The molecule has 4 fully saturated rings. The molecule has 7 nitrogen and oxygen atoms in total. The summed E-state index contributed by atoms with van der Waals surface area (Å²) < 4.78 is 37.0. The Morgan fingerprint density at radius 1 is 0.944 bits per heavy atom. The van der Waals surface area contributed by atoms with Crippen LogP contribution in [0, 0.1) is 17.8 Å². The molecule has 4 saturated carbocycles. The minimum Gasteiger partial charge on any atom is -0.497 e. The molecule has 0 heterocycles. The van der Waals surface area contributed by atoms with E-state index in [-0.39, 0.29) is 31.0 Å². The first kappa shape index (κ1) is 24.9.